The Hall–Kier alpha value is 0. The molecule has 2 aliphatic carbocycles. The van der Waals surface area contributed by atoms with Gasteiger partial charge in [0.2, 0.25) is 0 Å². The van der Waals surface area contributed by atoms with E-state index in [1.807, 2.05) is 0 Å². The van der Waals surface area contributed by atoms with E-state index in [4.69, 9.17) is 0 Å². The molecule has 0 heterocycles. The minimum Gasteiger partial charge on any atom is -0.0591 e. The van der Waals surface area contributed by atoms with Crippen LogP contribution in [-0.2, 0) is 0 Å². The van der Waals surface area contributed by atoms with Crippen LogP contribution in [0.15, 0.2) is 0 Å². The Balaban J connectivity index is 2.21. The third-order valence-corrected chi connectivity index (χ3v) is 5.12. The maximum Gasteiger partial charge on any atom is -0.0272 e. The van der Waals surface area contributed by atoms with Gasteiger partial charge in [0, 0.05) is 0 Å². The van der Waals surface area contributed by atoms with Crippen LogP contribution < -0.4 is 0 Å². The second kappa shape index (κ2) is 3.29. The van der Waals surface area contributed by atoms with Crippen molar-refractivity contribution >= 4 is 0 Å². The number of rotatable bonds is 0. The van der Waals surface area contributed by atoms with Gasteiger partial charge >= 0.3 is 0 Å². The van der Waals surface area contributed by atoms with Crippen LogP contribution in [0.4, 0.5) is 0 Å². The molecule has 0 aromatic heterocycles. The Morgan fingerprint density at radius 3 is 1.23 bits per heavy atom. The third kappa shape index (κ3) is 1.53. The monoisotopic (exact) mass is 180 g/mol. The van der Waals surface area contributed by atoms with Crippen molar-refractivity contribution in [3.05, 3.63) is 0 Å². The van der Waals surface area contributed by atoms with Gasteiger partial charge in [-0.25, -0.2) is 0 Å². The molecular weight excluding hydrogens is 156 g/mol. The lowest BCUT2D eigenvalue weighted by atomic mass is 9.55. The van der Waals surface area contributed by atoms with E-state index in [0.717, 1.165) is 0 Å². The van der Waals surface area contributed by atoms with E-state index < -0.39 is 0 Å². The summed E-state index contributed by atoms with van der Waals surface area (Å²) < 4.78 is 0. The summed E-state index contributed by atoms with van der Waals surface area (Å²) in [5.41, 5.74) is 1.39. The van der Waals surface area contributed by atoms with Crippen molar-refractivity contribution in [3.8, 4) is 0 Å². The summed E-state index contributed by atoms with van der Waals surface area (Å²) in [6, 6.07) is 0. The first-order valence-electron chi connectivity index (χ1n) is 6.16. The molecule has 2 rings (SSSR count). The van der Waals surface area contributed by atoms with Crippen LogP contribution in [0.1, 0.15) is 71.6 Å². The highest BCUT2D eigenvalue weighted by atomic mass is 14.5. The van der Waals surface area contributed by atoms with Gasteiger partial charge in [-0.2, -0.15) is 0 Å². The topological polar surface area (TPSA) is 0 Å². The van der Waals surface area contributed by atoms with Crippen LogP contribution in [0.25, 0.3) is 0 Å². The Kier molecular flexibility index (Phi) is 2.42. The minimum atomic E-state index is 0.696. The molecule has 0 bridgehead atoms. The normalized spacial score (nSPS) is 46.6. The van der Waals surface area contributed by atoms with Crippen LogP contribution in [0.2, 0.25) is 0 Å². The van der Waals surface area contributed by atoms with Crippen molar-refractivity contribution in [2.24, 2.45) is 10.8 Å². The summed E-state index contributed by atoms with van der Waals surface area (Å²) in [6.07, 6.45) is 13.5. The van der Waals surface area contributed by atoms with Gasteiger partial charge in [-0.3, -0.25) is 0 Å². The van der Waals surface area contributed by atoms with Crippen LogP contribution in [0.3, 0.4) is 0 Å². The number of hydrogen-bond acceptors (Lipinski definition) is 0. The van der Waals surface area contributed by atoms with E-state index in [2.05, 4.69) is 13.8 Å². The third-order valence-electron chi connectivity index (χ3n) is 5.12. The van der Waals surface area contributed by atoms with Gasteiger partial charge in [0.05, 0.1) is 0 Å². The summed E-state index contributed by atoms with van der Waals surface area (Å²) in [6.45, 7) is 5.13. The Bertz CT molecular complexity index is 164. The Morgan fingerprint density at radius 1 is 0.538 bits per heavy atom. The summed E-state index contributed by atoms with van der Waals surface area (Å²) in [7, 11) is 0. The van der Waals surface area contributed by atoms with Gasteiger partial charge in [-0.15, -0.1) is 0 Å². The molecule has 0 amide bonds. The van der Waals surface area contributed by atoms with E-state index in [1.165, 1.54) is 57.8 Å². The largest absolute Gasteiger partial charge is 0.0591 e. The van der Waals surface area contributed by atoms with E-state index in [9.17, 15) is 0 Å². The highest BCUT2D eigenvalue weighted by molar-refractivity contribution is 4.96. The smallest absolute Gasteiger partial charge is 0.0272 e. The summed E-state index contributed by atoms with van der Waals surface area (Å²) in [5, 5.41) is 0. The molecule has 0 radical (unpaired) electrons. The van der Waals surface area contributed by atoms with Gasteiger partial charge in [0.1, 0.15) is 0 Å². The second-order valence-electron chi connectivity index (χ2n) is 5.89. The quantitative estimate of drug-likeness (QED) is 0.513. The first-order chi connectivity index (χ1) is 6.16. The molecule has 0 nitrogen and oxygen atoms in total. The van der Waals surface area contributed by atoms with Crippen LogP contribution in [-0.4, -0.2) is 0 Å². The molecule has 0 aromatic carbocycles. The fourth-order valence-electron chi connectivity index (χ4n) is 3.69. The second-order valence-corrected chi connectivity index (χ2v) is 5.89. The molecule has 2 saturated carbocycles. The van der Waals surface area contributed by atoms with Gasteiger partial charge in [0.25, 0.3) is 0 Å². The van der Waals surface area contributed by atoms with Gasteiger partial charge in [-0.1, -0.05) is 46.0 Å². The predicted octanol–water partition coefficient (Wildman–Crippen LogP) is 4.54. The molecule has 0 heteroatoms. The van der Waals surface area contributed by atoms with Crippen molar-refractivity contribution in [2.75, 3.05) is 0 Å². The van der Waals surface area contributed by atoms with E-state index in [0.29, 0.717) is 10.8 Å². The Labute approximate surface area is 83.1 Å². The van der Waals surface area contributed by atoms with Crippen molar-refractivity contribution in [2.45, 2.75) is 71.6 Å². The zero-order chi connectivity index (χ0) is 9.36. The van der Waals surface area contributed by atoms with E-state index in [-0.39, 0.29) is 0 Å². The molecule has 2 atom stereocenters. The molecule has 0 N–H and O–H groups in total. The molecule has 1 unspecified atom stereocenters. The Morgan fingerprint density at radius 2 is 0.846 bits per heavy atom. The molecule has 0 spiro atoms. The molecule has 76 valence electrons. The summed E-state index contributed by atoms with van der Waals surface area (Å²) in [5.74, 6) is 0. The predicted molar refractivity (Wildman–Crippen MR) is 57.8 cm³/mol. The van der Waals surface area contributed by atoms with E-state index in [1.54, 1.807) is 0 Å². The highest BCUT2D eigenvalue weighted by Crippen LogP contribution is 2.57. The van der Waals surface area contributed by atoms with Crippen molar-refractivity contribution < 1.29 is 0 Å². The summed E-state index contributed by atoms with van der Waals surface area (Å²) in [4.78, 5) is 0. The number of hydrogen-bond donors (Lipinski definition) is 0. The fraction of sp³-hybridized carbons (Fsp3) is 1.00. The zero-order valence-electron chi connectivity index (χ0n) is 9.36. The lowest BCUT2D eigenvalue weighted by Gasteiger charge is -2.50. The summed E-state index contributed by atoms with van der Waals surface area (Å²) >= 11 is 0. The molecular formula is C13H24. The van der Waals surface area contributed by atoms with Crippen LogP contribution in [0.5, 0.6) is 0 Å². The molecule has 13 heavy (non-hydrogen) atoms. The lowest BCUT2D eigenvalue weighted by Crippen LogP contribution is -2.39. The van der Waals surface area contributed by atoms with Crippen molar-refractivity contribution in [3.63, 3.8) is 0 Å². The van der Waals surface area contributed by atoms with Gasteiger partial charge in [0.15, 0.2) is 0 Å². The van der Waals surface area contributed by atoms with Gasteiger partial charge < -0.3 is 0 Å². The highest BCUT2D eigenvalue weighted by Gasteiger charge is 2.45. The number of fused-ring (bicyclic) bond motifs is 1. The fourth-order valence-corrected chi connectivity index (χ4v) is 3.69. The van der Waals surface area contributed by atoms with Crippen molar-refractivity contribution in [1.29, 1.82) is 0 Å². The first-order valence-corrected chi connectivity index (χ1v) is 6.16. The van der Waals surface area contributed by atoms with Crippen molar-refractivity contribution in [1.82, 2.24) is 0 Å². The lowest BCUT2D eigenvalue weighted by molar-refractivity contribution is 0.00896. The van der Waals surface area contributed by atoms with Crippen LogP contribution in [0, 0.1) is 10.8 Å². The van der Waals surface area contributed by atoms with E-state index >= 15 is 0 Å². The van der Waals surface area contributed by atoms with Gasteiger partial charge in [-0.05, 0) is 36.5 Å². The average Bonchev–Trinajstić information content (AvgIpc) is 2.24. The minimum absolute atomic E-state index is 0.696. The zero-order valence-corrected chi connectivity index (χ0v) is 9.36. The first kappa shape index (κ1) is 9.55. The molecule has 0 saturated heterocycles. The SMILES string of the molecule is CC12CCCCC[C@@]1(C)CCCC2. The maximum atomic E-state index is 2.57. The molecule has 2 aliphatic rings. The standard InChI is InChI=1S/C13H24/c1-12-8-4-3-5-9-13(12,2)11-7-6-10-12/h3-11H2,1-2H3/t12-,13?/m0/s1. The van der Waals surface area contributed by atoms with Crippen LogP contribution >= 0.6 is 0 Å². The molecule has 2 fully saturated rings. The molecule has 0 aromatic rings. The average molecular weight is 180 g/mol. The maximum absolute atomic E-state index is 2.57. The molecule has 0 aliphatic heterocycles.